The molecule has 1 aliphatic heterocycles. The number of halogens is 4. The molecule has 0 unspecified atom stereocenters. The van der Waals surface area contributed by atoms with Gasteiger partial charge in [0, 0.05) is 16.1 Å². The fourth-order valence-corrected chi connectivity index (χ4v) is 3.70. The number of rotatable bonds is 2. The Kier molecular flexibility index (Phi) is 4.18. The molecule has 2 N–H and O–H groups in total. The topological polar surface area (TPSA) is 87.2 Å². The number of ether oxygens (including phenoxy) is 1. The predicted molar refractivity (Wildman–Crippen MR) is 94.7 cm³/mol. The third-order valence-electron chi connectivity index (χ3n) is 4.21. The fraction of sp³-hybridized carbons (Fsp3) is 0.118. The molecule has 1 aliphatic rings. The number of fused-ring (bicyclic) bond motifs is 3. The monoisotopic (exact) mass is 429 g/mol. The Bertz CT molecular complexity index is 1190. The summed E-state index contributed by atoms with van der Waals surface area (Å²) in [4.78, 5) is -0.170. The zero-order valence-electron chi connectivity index (χ0n) is 13.9. The van der Waals surface area contributed by atoms with Crippen molar-refractivity contribution in [3.05, 3.63) is 58.7 Å². The molecule has 3 aromatic rings. The molecule has 0 bridgehead atoms. The van der Waals surface area contributed by atoms with Crippen molar-refractivity contribution in [3.8, 4) is 22.7 Å². The van der Waals surface area contributed by atoms with E-state index in [1.54, 1.807) is 18.2 Å². The van der Waals surface area contributed by atoms with Gasteiger partial charge in [0.1, 0.15) is 12.3 Å². The van der Waals surface area contributed by atoms with E-state index in [0.717, 1.165) is 4.68 Å². The normalized spacial score (nSPS) is 13.6. The van der Waals surface area contributed by atoms with Gasteiger partial charge in [-0.05, 0) is 36.4 Å². The molecule has 2 heterocycles. The van der Waals surface area contributed by atoms with Crippen molar-refractivity contribution in [1.82, 2.24) is 9.78 Å². The summed E-state index contributed by atoms with van der Waals surface area (Å²) in [6.07, 6.45) is -4.74. The van der Waals surface area contributed by atoms with Gasteiger partial charge in [-0.2, -0.15) is 18.3 Å². The molecule has 0 saturated heterocycles. The highest BCUT2D eigenvalue weighted by molar-refractivity contribution is 7.89. The maximum Gasteiger partial charge on any atom is 0.438 e. The lowest BCUT2D eigenvalue weighted by Gasteiger charge is -2.20. The largest absolute Gasteiger partial charge is 0.484 e. The summed E-state index contributed by atoms with van der Waals surface area (Å²) < 4.78 is 69.7. The van der Waals surface area contributed by atoms with Gasteiger partial charge in [-0.3, -0.25) is 0 Å². The Balaban J connectivity index is 1.96. The number of nitrogens with zero attached hydrogens (tertiary/aromatic N) is 2. The van der Waals surface area contributed by atoms with Gasteiger partial charge >= 0.3 is 6.18 Å². The summed E-state index contributed by atoms with van der Waals surface area (Å²) in [5.41, 5.74) is 0.248. The van der Waals surface area contributed by atoms with Crippen LogP contribution in [0.4, 0.5) is 13.2 Å². The lowest BCUT2D eigenvalue weighted by atomic mass is 10.0. The summed E-state index contributed by atoms with van der Waals surface area (Å²) in [5, 5.41) is 9.18. The van der Waals surface area contributed by atoms with Crippen molar-refractivity contribution in [2.75, 3.05) is 0 Å². The molecule has 0 atom stereocenters. The van der Waals surface area contributed by atoms with Crippen molar-refractivity contribution in [2.24, 2.45) is 5.14 Å². The summed E-state index contributed by atoms with van der Waals surface area (Å²) in [6, 6.07) is 9.78. The van der Waals surface area contributed by atoms with Crippen LogP contribution in [0.25, 0.3) is 16.9 Å². The number of aromatic nitrogens is 2. The molecule has 0 amide bonds. The van der Waals surface area contributed by atoms with E-state index in [2.05, 4.69) is 5.10 Å². The van der Waals surface area contributed by atoms with Crippen molar-refractivity contribution in [3.63, 3.8) is 0 Å². The molecule has 0 saturated carbocycles. The number of hydrogen-bond donors (Lipinski definition) is 1. The van der Waals surface area contributed by atoms with Gasteiger partial charge in [0.15, 0.2) is 5.75 Å². The number of benzene rings is 2. The Labute approximate surface area is 162 Å². The molecular formula is C17H11ClF3N3O3S. The van der Waals surface area contributed by atoms with Crippen LogP contribution < -0.4 is 9.88 Å². The molecule has 28 heavy (non-hydrogen) atoms. The van der Waals surface area contributed by atoms with Gasteiger partial charge in [0.25, 0.3) is 0 Å². The molecular weight excluding hydrogens is 419 g/mol. The summed E-state index contributed by atoms with van der Waals surface area (Å²) in [5.74, 6) is -0.391. The van der Waals surface area contributed by atoms with E-state index in [9.17, 15) is 21.6 Å². The Morgan fingerprint density at radius 3 is 2.43 bits per heavy atom. The van der Waals surface area contributed by atoms with Crippen LogP contribution >= 0.6 is 11.6 Å². The minimum Gasteiger partial charge on any atom is -0.484 e. The number of primary sulfonamides is 1. The molecule has 1 aromatic heterocycles. The highest BCUT2D eigenvalue weighted by Crippen LogP contribution is 2.46. The SMILES string of the molecule is NS(=O)(=O)c1ccc(-n2nc(C(F)(F)F)c3c2-c2ccc(Cl)cc2CO3)cc1. The number of sulfonamides is 1. The van der Waals surface area contributed by atoms with Crippen LogP contribution in [-0.2, 0) is 22.8 Å². The summed E-state index contributed by atoms with van der Waals surface area (Å²) >= 11 is 5.97. The number of alkyl halides is 3. The average Bonchev–Trinajstić information content (AvgIpc) is 3.01. The molecule has 6 nitrogen and oxygen atoms in total. The van der Waals surface area contributed by atoms with Crippen LogP contribution in [0.15, 0.2) is 47.4 Å². The van der Waals surface area contributed by atoms with Crippen LogP contribution in [-0.4, -0.2) is 18.2 Å². The van der Waals surface area contributed by atoms with Crippen LogP contribution in [0.2, 0.25) is 5.02 Å². The first-order valence-electron chi connectivity index (χ1n) is 7.81. The van der Waals surface area contributed by atoms with Gasteiger partial charge in [0.2, 0.25) is 15.7 Å². The third-order valence-corrected chi connectivity index (χ3v) is 5.38. The Morgan fingerprint density at radius 1 is 1.14 bits per heavy atom. The van der Waals surface area contributed by atoms with Crippen molar-refractivity contribution >= 4 is 21.6 Å². The lowest BCUT2D eigenvalue weighted by molar-refractivity contribution is -0.142. The fourth-order valence-electron chi connectivity index (χ4n) is 2.99. The second kappa shape index (κ2) is 6.23. The Morgan fingerprint density at radius 2 is 1.82 bits per heavy atom. The molecule has 0 radical (unpaired) electrons. The first-order valence-corrected chi connectivity index (χ1v) is 9.73. The van der Waals surface area contributed by atoms with Gasteiger partial charge in [-0.25, -0.2) is 18.2 Å². The van der Waals surface area contributed by atoms with E-state index < -0.39 is 27.6 Å². The molecule has 0 fully saturated rings. The third kappa shape index (κ3) is 3.13. The lowest BCUT2D eigenvalue weighted by Crippen LogP contribution is -2.12. The first kappa shape index (κ1) is 18.8. The smallest absolute Gasteiger partial charge is 0.438 e. The molecule has 4 rings (SSSR count). The average molecular weight is 430 g/mol. The highest BCUT2D eigenvalue weighted by Gasteiger charge is 2.42. The maximum atomic E-state index is 13.5. The summed E-state index contributed by atoms with van der Waals surface area (Å²) in [6.45, 7) is -0.0813. The van der Waals surface area contributed by atoms with E-state index in [0.29, 0.717) is 16.1 Å². The second-order valence-corrected chi connectivity index (χ2v) is 8.06. The molecule has 0 spiro atoms. The van der Waals surface area contributed by atoms with Crippen LogP contribution in [0.5, 0.6) is 5.75 Å². The Hall–Kier alpha value is -2.56. The molecule has 0 aliphatic carbocycles. The van der Waals surface area contributed by atoms with Crippen molar-refractivity contribution in [1.29, 1.82) is 0 Å². The van der Waals surface area contributed by atoms with Gasteiger partial charge in [0.05, 0.1) is 10.6 Å². The minimum absolute atomic E-state index is 0.0813. The predicted octanol–water partition coefficient (Wildman–Crippen LogP) is 3.75. The van der Waals surface area contributed by atoms with E-state index in [4.69, 9.17) is 21.5 Å². The summed E-state index contributed by atoms with van der Waals surface area (Å²) in [7, 11) is -3.94. The van der Waals surface area contributed by atoms with Crippen molar-refractivity contribution < 1.29 is 26.3 Å². The van der Waals surface area contributed by atoms with E-state index >= 15 is 0 Å². The molecule has 2 aromatic carbocycles. The van der Waals surface area contributed by atoms with E-state index in [1.807, 2.05) is 0 Å². The van der Waals surface area contributed by atoms with Gasteiger partial charge in [-0.1, -0.05) is 17.7 Å². The van der Waals surface area contributed by atoms with Crippen molar-refractivity contribution in [2.45, 2.75) is 17.7 Å². The zero-order valence-corrected chi connectivity index (χ0v) is 15.4. The second-order valence-electron chi connectivity index (χ2n) is 6.06. The van der Waals surface area contributed by atoms with Gasteiger partial charge < -0.3 is 4.74 Å². The van der Waals surface area contributed by atoms with Gasteiger partial charge in [-0.15, -0.1) is 0 Å². The van der Waals surface area contributed by atoms with E-state index in [-0.39, 0.29) is 22.9 Å². The first-order chi connectivity index (χ1) is 13.1. The van der Waals surface area contributed by atoms with Crippen LogP contribution in [0.3, 0.4) is 0 Å². The standard InChI is InChI=1S/C17H11ClF3N3O3S/c18-10-1-6-13-9(7-10)8-27-15-14(13)24(23-16(15)17(19,20)21)11-2-4-12(5-3-11)28(22,25)26/h1-7H,8H2,(H2,22,25,26). The molecule has 146 valence electrons. The zero-order chi connectivity index (χ0) is 20.3. The maximum absolute atomic E-state index is 13.5. The number of hydrogen-bond acceptors (Lipinski definition) is 4. The minimum atomic E-state index is -4.74. The molecule has 11 heteroatoms. The van der Waals surface area contributed by atoms with Crippen LogP contribution in [0, 0.1) is 0 Å². The highest BCUT2D eigenvalue weighted by atomic mass is 35.5. The van der Waals surface area contributed by atoms with Crippen LogP contribution in [0.1, 0.15) is 11.3 Å². The number of nitrogens with two attached hydrogens (primary N) is 1. The quantitative estimate of drug-likeness (QED) is 0.672. The van der Waals surface area contributed by atoms with E-state index in [1.165, 1.54) is 24.3 Å².